The Balaban J connectivity index is 2.40. The van der Waals surface area contributed by atoms with E-state index in [1.165, 1.54) is 0 Å². The highest BCUT2D eigenvalue weighted by atomic mass is 16.1. The Morgan fingerprint density at radius 2 is 2.44 bits per heavy atom. The molecule has 1 saturated heterocycles. The van der Waals surface area contributed by atoms with E-state index >= 15 is 0 Å². The molecule has 1 aliphatic heterocycles. The predicted molar refractivity (Wildman–Crippen MR) is 62.7 cm³/mol. The van der Waals surface area contributed by atoms with Crippen molar-refractivity contribution in [2.75, 3.05) is 20.1 Å². The van der Waals surface area contributed by atoms with Gasteiger partial charge in [-0.05, 0) is 32.9 Å². The van der Waals surface area contributed by atoms with Gasteiger partial charge in [0.2, 0.25) is 5.91 Å². The average Bonchev–Trinajstić information content (AvgIpc) is 2.25. The molecule has 2 unspecified atom stereocenters. The molecule has 0 saturated carbocycles. The lowest BCUT2D eigenvalue weighted by Gasteiger charge is -2.30. The third-order valence-corrected chi connectivity index (χ3v) is 3.02. The molecule has 4 nitrogen and oxygen atoms in total. The van der Waals surface area contributed by atoms with E-state index in [1.54, 1.807) is 0 Å². The minimum absolute atomic E-state index is 0.0929. The van der Waals surface area contributed by atoms with Crippen molar-refractivity contribution in [2.45, 2.75) is 38.6 Å². The van der Waals surface area contributed by atoms with Crippen LogP contribution in [0, 0.1) is 17.2 Å². The molecular weight excluding hydrogens is 202 g/mol. The van der Waals surface area contributed by atoms with Gasteiger partial charge in [0.25, 0.3) is 0 Å². The highest BCUT2D eigenvalue weighted by molar-refractivity contribution is 5.81. The van der Waals surface area contributed by atoms with E-state index in [-0.39, 0.29) is 11.9 Å². The Morgan fingerprint density at radius 1 is 1.69 bits per heavy atom. The number of amides is 1. The highest BCUT2D eigenvalue weighted by Gasteiger charge is 2.23. The molecule has 0 aliphatic carbocycles. The molecule has 2 atom stereocenters. The fraction of sp³-hybridized carbons (Fsp3) is 0.833. The van der Waals surface area contributed by atoms with Crippen LogP contribution >= 0.6 is 0 Å². The number of carbonyl (C=O) groups is 1. The van der Waals surface area contributed by atoms with Crippen LogP contribution in [0.2, 0.25) is 0 Å². The number of nitrogens with one attached hydrogen (secondary N) is 1. The second kappa shape index (κ2) is 6.49. The van der Waals surface area contributed by atoms with Gasteiger partial charge < -0.3 is 10.2 Å². The fourth-order valence-corrected chi connectivity index (χ4v) is 2.13. The molecule has 1 N–H and O–H groups in total. The van der Waals surface area contributed by atoms with E-state index in [9.17, 15) is 4.79 Å². The summed E-state index contributed by atoms with van der Waals surface area (Å²) in [6, 6.07) is 2.30. The summed E-state index contributed by atoms with van der Waals surface area (Å²) < 4.78 is 0. The summed E-state index contributed by atoms with van der Waals surface area (Å²) in [7, 11) is 2.06. The quantitative estimate of drug-likeness (QED) is 0.777. The number of hydrogen-bond acceptors (Lipinski definition) is 3. The molecule has 0 aromatic carbocycles. The van der Waals surface area contributed by atoms with Gasteiger partial charge in [0.1, 0.15) is 5.92 Å². The Labute approximate surface area is 97.6 Å². The minimum Gasteiger partial charge on any atom is -0.351 e. The fourth-order valence-electron chi connectivity index (χ4n) is 2.13. The summed E-state index contributed by atoms with van der Waals surface area (Å²) >= 11 is 0. The monoisotopic (exact) mass is 223 g/mol. The van der Waals surface area contributed by atoms with E-state index in [1.807, 2.05) is 6.92 Å². The van der Waals surface area contributed by atoms with Crippen LogP contribution in [0.15, 0.2) is 0 Å². The first-order valence-corrected chi connectivity index (χ1v) is 6.06. The molecule has 1 amide bonds. The topological polar surface area (TPSA) is 56.1 Å². The lowest BCUT2D eigenvalue weighted by atomic mass is 10.0. The van der Waals surface area contributed by atoms with Crippen molar-refractivity contribution in [1.29, 1.82) is 5.26 Å². The van der Waals surface area contributed by atoms with Crippen LogP contribution in [-0.2, 0) is 4.79 Å². The zero-order chi connectivity index (χ0) is 12.0. The number of nitrogens with zero attached hydrogens (tertiary/aromatic N) is 2. The van der Waals surface area contributed by atoms with Crippen LogP contribution in [0.3, 0.4) is 0 Å². The first-order chi connectivity index (χ1) is 7.67. The molecule has 0 aromatic rings. The zero-order valence-electron chi connectivity index (χ0n) is 10.2. The standard InChI is InChI=1S/C12H21N3O/c1-3-5-10(8-13)12(16)14-11-6-4-7-15(2)9-11/h10-11H,3-7,9H2,1-2H3,(H,14,16). The van der Waals surface area contributed by atoms with Crippen LogP contribution in [0.4, 0.5) is 0 Å². The Hall–Kier alpha value is -1.08. The molecule has 0 spiro atoms. The summed E-state index contributed by atoms with van der Waals surface area (Å²) in [5.74, 6) is -0.568. The van der Waals surface area contributed by atoms with Gasteiger partial charge in [-0.25, -0.2) is 0 Å². The molecular formula is C12H21N3O. The number of carbonyl (C=O) groups excluding carboxylic acids is 1. The van der Waals surface area contributed by atoms with Crippen LogP contribution in [0.25, 0.3) is 0 Å². The van der Waals surface area contributed by atoms with Crippen molar-refractivity contribution in [1.82, 2.24) is 10.2 Å². The van der Waals surface area contributed by atoms with E-state index < -0.39 is 5.92 Å². The molecule has 4 heteroatoms. The molecule has 1 fully saturated rings. The van der Waals surface area contributed by atoms with Gasteiger partial charge in [0.05, 0.1) is 6.07 Å². The van der Waals surface area contributed by atoms with Gasteiger partial charge in [-0.2, -0.15) is 5.26 Å². The minimum atomic E-state index is -0.475. The van der Waals surface area contributed by atoms with E-state index in [0.29, 0.717) is 6.42 Å². The van der Waals surface area contributed by atoms with Crippen LogP contribution in [0.5, 0.6) is 0 Å². The number of likely N-dealkylation sites (tertiary alicyclic amines) is 1. The smallest absolute Gasteiger partial charge is 0.237 e. The van der Waals surface area contributed by atoms with Crippen molar-refractivity contribution in [3.05, 3.63) is 0 Å². The van der Waals surface area contributed by atoms with E-state index in [4.69, 9.17) is 5.26 Å². The van der Waals surface area contributed by atoms with E-state index in [2.05, 4.69) is 23.3 Å². The molecule has 16 heavy (non-hydrogen) atoms. The first kappa shape index (κ1) is 13.0. The lowest BCUT2D eigenvalue weighted by molar-refractivity contribution is -0.124. The average molecular weight is 223 g/mol. The predicted octanol–water partition coefficient (Wildman–Crippen LogP) is 1.14. The summed E-state index contributed by atoms with van der Waals surface area (Å²) in [6.45, 7) is 3.99. The molecule has 0 bridgehead atoms. The highest BCUT2D eigenvalue weighted by Crippen LogP contribution is 2.10. The largest absolute Gasteiger partial charge is 0.351 e. The molecule has 1 aliphatic rings. The molecule has 0 aromatic heterocycles. The molecule has 1 rings (SSSR count). The summed E-state index contributed by atoms with van der Waals surface area (Å²) in [6.07, 6.45) is 3.67. The van der Waals surface area contributed by atoms with Crippen molar-refractivity contribution in [3.63, 3.8) is 0 Å². The Kier molecular flexibility index (Phi) is 5.27. The Morgan fingerprint density at radius 3 is 3.00 bits per heavy atom. The SMILES string of the molecule is CCCC(C#N)C(=O)NC1CCCN(C)C1. The van der Waals surface area contributed by atoms with Gasteiger partial charge in [0.15, 0.2) is 0 Å². The zero-order valence-corrected chi connectivity index (χ0v) is 10.2. The van der Waals surface area contributed by atoms with Gasteiger partial charge in [-0.1, -0.05) is 13.3 Å². The van der Waals surface area contributed by atoms with E-state index in [0.717, 1.165) is 32.4 Å². The lowest BCUT2D eigenvalue weighted by Crippen LogP contribution is -2.47. The maximum atomic E-state index is 11.8. The number of piperidine rings is 1. The van der Waals surface area contributed by atoms with Gasteiger partial charge in [-0.15, -0.1) is 0 Å². The van der Waals surface area contributed by atoms with Crippen LogP contribution in [-0.4, -0.2) is 37.0 Å². The third-order valence-electron chi connectivity index (χ3n) is 3.02. The normalized spacial score (nSPS) is 23.4. The van der Waals surface area contributed by atoms with Crippen LogP contribution in [0.1, 0.15) is 32.6 Å². The number of nitriles is 1. The second-order valence-corrected chi connectivity index (χ2v) is 4.58. The molecule has 0 radical (unpaired) electrons. The second-order valence-electron chi connectivity index (χ2n) is 4.58. The maximum absolute atomic E-state index is 11.8. The Bertz CT molecular complexity index is 272. The third kappa shape index (κ3) is 3.82. The van der Waals surface area contributed by atoms with Gasteiger partial charge in [-0.3, -0.25) is 4.79 Å². The van der Waals surface area contributed by atoms with Crippen LogP contribution < -0.4 is 5.32 Å². The summed E-state index contributed by atoms with van der Waals surface area (Å²) in [4.78, 5) is 14.0. The van der Waals surface area contributed by atoms with Crippen molar-refractivity contribution < 1.29 is 4.79 Å². The number of rotatable bonds is 4. The van der Waals surface area contributed by atoms with Crippen molar-refractivity contribution in [2.24, 2.45) is 5.92 Å². The summed E-state index contributed by atoms with van der Waals surface area (Å²) in [5, 5.41) is 11.9. The number of hydrogen-bond donors (Lipinski definition) is 1. The van der Waals surface area contributed by atoms with Crippen molar-refractivity contribution >= 4 is 5.91 Å². The van der Waals surface area contributed by atoms with Crippen molar-refractivity contribution in [3.8, 4) is 6.07 Å². The summed E-state index contributed by atoms with van der Waals surface area (Å²) in [5.41, 5.74) is 0. The first-order valence-electron chi connectivity index (χ1n) is 6.06. The molecule has 1 heterocycles. The van der Waals surface area contributed by atoms with Gasteiger partial charge >= 0.3 is 0 Å². The molecule has 90 valence electrons. The number of likely N-dealkylation sites (N-methyl/N-ethyl adjacent to an activating group) is 1. The van der Waals surface area contributed by atoms with Gasteiger partial charge in [0, 0.05) is 12.6 Å². The maximum Gasteiger partial charge on any atom is 0.237 e.